The zero-order chi connectivity index (χ0) is 83.4. The van der Waals surface area contributed by atoms with Gasteiger partial charge in [0.1, 0.15) is 60.8 Å². The van der Waals surface area contributed by atoms with Crippen LogP contribution < -0.4 is 48.3 Å². The number of hydrogen-bond donors (Lipinski definition) is 9. The summed E-state index contributed by atoms with van der Waals surface area (Å²) in [5, 5.41) is 20.3. The first-order valence-corrected chi connectivity index (χ1v) is 35.9. The third-order valence-electron chi connectivity index (χ3n) is 17.9. The van der Waals surface area contributed by atoms with Gasteiger partial charge >= 0.3 is 30.1 Å². The van der Waals surface area contributed by atoms with Gasteiger partial charge in [0.25, 0.3) is 23.6 Å². The van der Waals surface area contributed by atoms with Crippen molar-refractivity contribution in [3.8, 4) is 0 Å². The Morgan fingerprint density at radius 2 is 1.31 bits per heavy atom. The highest BCUT2D eigenvalue weighted by molar-refractivity contribution is 6.13. The predicted octanol–water partition coefficient (Wildman–Crippen LogP) is 0.0561. The second-order valence-electron chi connectivity index (χ2n) is 27.6. The number of carbonyl (C=O) groups excluding carboxylic acids is 17. The SMILES string of the molecule is C=C1C(=O)N[C@@H](C)C(=O)N(C)[C@@H](C)C(=O)N[C@@H]([C@H](OC(=O)[C@@H](NC(C)=O)[C@H](OC(=O)OCc2ccc(NC(=O)[C@H](CCCNC(N)=O)NC(=O)[C@@H](NC(=O)CCOCCN3C(=O)C=CC3=O)C(C)C)cc2)C(C)C)C(C)C)C(=O)N(C)[C@@H]([C@@H](C)OC)C(=O)O[C@H](C)[C@H](NC(C)=O)C(=O)O[C@H](Cc2ccccc2)C(=O)N1C. The highest BCUT2D eigenvalue weighted by Gasteiger charge is 2.47. The molecule has 2 aromatic carbocycles. The number of carbonyl (C=O) groups is 17. The maximum absolute atomic E-state index is 15.5. The fourth-order valence-electron chi connectivity index (χ4n) is 11.3. The van der Waals surface area contributed by atoms with Gasteiger partial charge in [0.15, 0.2) is 24.2 Å². The van der Waals surface area contributed by atoms with E-state index in [0.717, 1.165) is 59.7 Å². The van der Waals surface area contributed by atoms with Gasteiger partial charge in [-0.15, -0.1) is 0 Å². The van der Waals surface area contributed by atoms with Crippen LogP contribution in [0.3, 0.4) is 0 Å². The molecule has 14 amide bonds. The number of amides is 14. The Morgan fingerprint density at radius 1 is 0.676 bits per heavy atom. The number of esters is 3. The van der Waals surface area contributed by atoms with E-state index in [1.165, 1.54) is 93.8 Å². The number of ether oxygens (including phenoxy) is 7. The molecule has 2 heterocycles. The quantitative estimate of drug-likeness (QED) is 0.0158. The van der Waals surface area contributed by atoms with Crippen molar-refractivity contribution in [2.75, 3.05) is 59.9 Å². The molecule has 610 valence electrons. The third-order valence-corrected chi connectivity index (χ3v) is 17.9. The standard InChI is InChI=1S/C74H105N13O24/c1-38(2)56(82-53(90)31-34-106-35-33-87-54(91)29-30-55(87)92)66(96)81-51(24-21-32-76-73(75)103)65(95)80-50-27-25-49(26-28-50)37-107-74(104)111-62(40(5)6)59(79-47(13)89)71(101)110-61(39(3)4)58-69(99)86(16)60(45(11)105-17)72(102)108-44(10)57(78-46(12)88)70(100)109-52(36-48-22-19-18-20-23-48)68(98)85(15)42(8)63(93)77-41(7)67(97)84(14)43(9)64(94)83-58/h18-20,22-23,25-30,38-41,43-45,51-52,56-62H,8,21,24,31-37H2,1-7,9-17H3,(H,77,93)(H,78,88)(H,79,89)(H,80,95)(H,81,96)(H,82,90)(H,83,94)(H3,75,76,103)/t41-,43-,44+,45+,51-,52+,56-,57-,58-,59-,60-,61+,62+/m0/s1. The molecule has 2 aromatic rings. The first-order valence-electron chi connectivity index (χ1n) is 35.9. The Kier molecular flexibility index (Phi) is 36.2. The minimum absolute atomic E-state index is 0.0163. The van der Waals surface area contributed by atoms with Crippen LogP contribution in [0.25, 0.3) is 0 Å². The van der Waals surface area contributed by atoms with Crippen LogP contribution in [0.5, 0.6) is 0 Å². The molecule has 4 rings (SSSR count). The molecule has 10 N–H and O–H groups in total. The number of primary amides is 1. The van der Waals surface area contributed by atoms with Crippen LogP contribution in [0.1, 0.15) is 113 Å². The van der Waals surface area contributed by atoms with Crippen molar-refractivity contribution in [1.82, 2.24) is 56.8 Å². The first-order chi connectivity index (χ1) is 52.1. The van der Waals surface area contributed by atoms with Gasteiger partial charge in [0.2, 0.25) is 47.3 Å². The molecule has 0 saturated carbocycles. The number of methoxy groups -OCH3 is 1. The number of imide groups is 1. The first kappa shape index (κ1) is 92.0. The van der Waals surface area contributed by atoms with Crippen molar-refractivity contribution in [2.45, 2.75) is 194 Å². The molecule has 0 aromatic heterocycles. The predicted molar refractivity (Wildman–Crippen MR) is 394 cm³/mol. The maximum Gasteiger partial charge on any atom is 0.508 e. The van der Waals surface area contributed by atoms with Crippen molar-refractivity contribution in [1.29, 1.82) is 0 Å². The average Bonchev–Trinajstić information content (AvgIpc) is 1.66. The zero-order valence-electron chi connectivity index (χ0n) is 65.3. The van der Waals surface area contributed by atoms with Gasteiger partial charge in [0, 0.05) is 79.3 Å². The Balaban J connectivity index is 1.63. The molecular formula is C74H105N13O24. The van der Waals surface area contributed by atoms with Gasteiger partial charge < -0.3 is 96.1 Å². The van der Waals surface area contributed by atoms with Crippen LogP contribution in [0.2, 0.25) is 0 Å². The monoisotopic (exact) mass is 1560 g/mol. The summed E-state index contributed by atoms with van der Waals surface area (Å²) in [6.07, 6.45) is -7.51. The van der Waals surface area contributed by atoms with E-state index < -0.39 is 210 Å². The van der Waals surface area contributed by atoms with E-state index in [2.05, 4.69) is 49.1 Å². The van der Waals surface area contributed by atoms with Crippen LogP contribution in [0.4, 0.5) is 15.3 Å². The second-order valence-corrected chi connectivity index (χ2v) is 27.6. The largest absolute Gasteiger partial charge is 0.508 e. The smallest absolute Gasteiger partial charge is 0.458 e. The van der Waals surface area contributed by atoms with Gasteiger partial charge in [-0.1, -0.05) is 90.6 Å². The lowest BCUT2D eigenvalue weighted by Crippen LogP contribution is -2.64. The Bertz CT molecular complexity index is 3720. The normalized spacial score (nSPS) is 20.9. The minimum Gasteiger partial charge on any atom is -0.458 e. The Labute approximate surface area is 643 Å². The number of nitrogens with two attached hydrogens (primary N) is 1. The van der Waals surface area contributed by atoms with Crippen molar-refractivity contribution in [3.05, 3.63) is 90.2 Å². The number of likely N-dealkylation sites (N-methyl/N-ethyl adjacent to an activating group) is 3. The molecule has 37 heteroatoms. The van der Waals surface area contributed by atoms with E-state index >= 15 is 4.79 Å². The Hall–Kier alpha value is -11.4. The van der Waals surface area contributed by atoms with Gasteiger partial charge in [-0.25, -0.2) is 24.0 Å². The Morgan fingerprint density at radius 3 is 1.87 bits per heavy atom. The van der Waals surface area contributed by atoms with Crippen LogP contribution in [0.15, 0.2) is 79.0 Å². The number of benzene rings is 2. The minimum atomic E-state index is -2.03. The number of cyclic esters (lactones) is 2. The summed E-state index contributed by atoms with van der Waals surface area (Å²) in [5.74, 6) is -16.0. The number of nitrogens with one attached hydrogen (secondary N) is 8. The second kappa shape index (κ2) is 43.7. The van der Waals surface area contributed by atoms with Crippen LogP contribution in [-0.4, -0.2) is 254 Å². The summed E-state index contributed by atoms with van der Waals surface area (Å²) in [6.45, 7) is 19.7. The summed E-state index contributed by atoms with van der Waals surface area (Å²) in [4.78, 5) is 235. The summed E-state index contributed by atoms with van der Waals surface area (Å²) in [5.41, 5.74) is 5.72. The lowest BCUT2D eigenvalue weighted by molar-refractivity contribution is -0.174. The highest BCUT2D eigenvalue weighted by atomic mass is 16.7. The zero-order valence-corrected chi connectivity index (χ0v) is 65.3. The van der Waals surface area contributed by atoms with Crippen molar-refractivity contribution >= 4 is 107 Å². The van der Waals surface area contributed by atoms with Crippen molar-refractivity contribution in [2.24, 2.45) is 23.5 Å². The fourth-order valence-corrected chi connectivity index (χ4v) is 11.3. The lowest BCUT2D eigenvalue weighted by atomic mass is 9.95. The van der Waals surface area contributed by atoms with E-state index in [1.807, 2.05) is 0 Å². The maximum atomic E-state index is 15.5. The van der Waals surface area contributed by atoms with Crippen LogP contribution in [0, 0.1) is 17.8 Å². The molecule has 0 spiro atoms. The summed E-state index contributed by atoms with van der Waals surface area (Å²) >= 11 is 0. The van der Waals surface area contributed by atoms with E-state index in [1.54, 1.807) is 44.2 Å². The molecule has 0 bridgehead atoms. The number of anilines is 1. The average molecular weight is 1560 g/mol. The summed E-state index contributed by atoms with van der Waals surface area (Å²) in [7, 11) is 4.66. The number of hydrogen-bond acceptors (Lipinski definition) is 24. The molecule has 13 atom stereocenters. The van der Waals surface area contributed by atoms with Crippen LogP contribution >= 0.6 is 0 Å². The number of urea groups is 1. The van der Waals surface area contributed by atoms with E-state index in [9.17, 15) is 76.7 Å². The highest BCUT2D eigenvalue weighted by Crippen LogP contribution is 2.24. The van der Waals surface area contributed by atoms with Crippen molar-refractivity contribution in [3.63, 3.8) is 0 Å². The van der Waals surface area contributed by atoms with Gasteiger partial charge in [-0.05, 0) is 81.5 Å². The molecule has 1 saturated heterocycles. The molecular weight excluding hydrogens is 1450 g/mol. The van der Waals surface area contributed by atoms with E-state index in [-0.39, 0.29) is 57.7 Å². The van der Waals surface area contributed by atoms with Gasteiger partial charge in [-0.3, -0.25) is 62.4 Å². The lowest BCUT2D eigenvalue weighted by Gasteiger charge is -2.38. The molecule has 2 aliphatic heterocycles. The fraction of sp³-hybridized carbons (Fsp3) is 0.554. The molecule has 37 nitrogen and oxygen atoms in total. The van der Waals surface area contributed by atoms with Gasteiger partial charge in [-0.2, -0.15) is 0 Å². The molecule has 0 radical (unpaired) electrons. The number of nitrogens with zero attached hydrogens (tertiary/aromatic N) is 4. The molecule has 0 aliphatic carbocycles. The topological polar surface area (TPSA) is 490 Å². The summed E-state index contributed by atoms with van der Waals surface area (Å²) < 4.78 is 40.0. The van der Waals surface area contributed by atoms with Crippen molar-refractivity contribution < 1.29 is 115 Å². The molecule has 0 unspecified atom stereocenters. The van der Waals surface area contributed by atoms with Crippen LogP contribution in [-0.2, 0) is 118 Å². The molecule has 111 heavy (non-hydrogen) atoms. The van der Waals surface area contributed by atoms with E-state index in [0.29, 0.717) is 11.1 Å². The van der Waals surface area contributed by atoms with Gasteiger partial charge in [0.05, 0.1) is 25.9 Å². The van der Waals surface area contributed by atoms with E-state index in [4.69, 9.17) is 38.9 Å². The summed E-state index contributed by atoms with van der Waals surface area (Å²) in [6, 6.07) is 0.324. The molecule has 1 fully saturated rings. The third kappa shape index (κ3) is 27.9. The molecule has 2 aliphatic rings. The number of rotatable bonds is 31.